The molecule has 3 atom stereocenters. The van der Waals surface area contributed by atoms with Crippen molar-refractivity contribution in [2.75, 3.05) is 0 Å². The molecule has 2 bridgehead atoms. The van der Waals surface area contributed by atoms with Crippen molar-refractivity contribution in [1.29, 1.82) is 0 Å². The van der Waals surface area contributed by atoms with Gasteiger partial charge in [-0.3, -0.25) is 0 Å². The number of benzene rings is 1. The minimum Gasteiger partial charge on any atom is -0.487 e. The molecule has 1 unspecified atom stereocenters. The van der Waals surface area contributed by atoms with Crippen molar-refractivity contribution in [2.24, 2.45) is 0 Å². The van der Waals surface area contributed by atoms with E-state index in [0.717, 1.165) is 25.7 Å². The molecule has 0 aromatic heterocycles. The van der Waals surface area contributed by atoms with E-state index in [2.05, 4.69) is 5.32 Å². The van der Waals surface area contributed by atoms with Crippen molar-refractivity contribution >= 4 is 11.6 Å². The van der Waals surface area contributed by atoms with E-state index in [1.54, 1.807) is 0 Å². The first-order chi connectivity index (χ1) is 9.15. The highest BCUT2D eigenvalue weighted by Gasteiger charge is 2.34. The molecule has 0 aliphatic carbocycles. The topological polar surface area (TPSA) is 21.3 Å². The number of rotatable bonds is 3. The molecule has 2 aliphatic heterocycles. The maximum absolute atomic E-state index is 13.9. The molecule has 2 fully saturated rings. The first kappa shape index (κ1) is 13.1. The van der Waals surface area contributed by atoms with Gasteiger partial charge < -0.3 is 10.1 Å². The third-order valence-corrected chi connectivity index (χ3v) is 4.21. The minimum absolute atomic E-state index is 0.0147. The summed E-state index contributed by atoms with van der Waals surface area (Å²) in [6, 6.07) is 3.64. The molecular formula is C14H16ClF2NO. The molecule has 5 heteroatoms. The first-order valence-corrected chi connectivity index (χ1v) is 7.00. The van der Waals surface area contributed by atoms with Gasteiger partial charge in [-0.05, 0) is 43.4 Å². The van der Waals surface area contributed by atoms with Crippen LogP contribution in [0.4, 0.5) is 8.78 Å². The predicted molar refractivity (Wildman–Crippen MR) is 69.8 cm³/mol. The molecule has 2 aliphatic rings. The summed E-state index contributed by atoms with van der Waals surface area (Å²) in [5.41, 5.74) is 0.346. The Balaban J connectivity index is 1.77. The summed E-state index contributed by atoms with van der Waals surface area (Å²) < 4.78 is 32.3. The van der Waals surface area contributed by atoms with Crippen LogP contribution in [0.25, 0.3) is 0 Å². The maximum Gasteiger partial charge on any atom is 0.183 e. The summed E-state index contributed by atoms with van der Waals surface area (Å²) >= 11 is 5.75. The van der Waals surface area contributed by atoms with Crippen LogP contribution in [0.1, 0.15) is 31.2 Å². The van der Waals surface area contributed by atoms with Crippen LogP contribution >= 0.6 is 11.6 Å². The lowest BCUT2D eigenvalue weighted by Gasteiger charge is -2.29. The second-order valence-corrected chi connectivity index (χ2v) is 5.78. The molecule has 2 nitrogen and oxygen atoms in total. The Bertz CT molecular complexity index is 471. The summed E-state index contributed by atoms with van der Waals surface area (Å²) in [6.07, 6.45) is 4.02. The summed E-state index contributed by atoms with van der Waals surface area (Å²) in [7, 11) is 0. The number of hydrogen-bond donors (Lipinski definition) is 1. The Morgan fingerprint density at radius 2 is 1.95 bits per heavy atom. The van der Waals surface area contributed by atoms with Crippen LogP contribution in [0.5, 0.6) is 5.75 Å². The lowest BCUT2D eigenvalue weighted by molar-refractivity contribution is 0.132. The van der Waals surface area contributed by atoms with Gasteiger partial charge in [0.2, 0.25) is 0 Å². The molecule has 0 amide bonds. The van der Waals surface area contributed by atoms with Crippen LogP contribution in [-0.4, -0.2) is 18.2 Å². The normalized spacial score (nSPS) is 29.5. The van der Waals surface area contributed by atoms with E-state index in [-0.39, 0.29) is 16.9 Å². The van der Waals surface area contributed by atoms with Crippen molar-refractivity contribution in [3.05, 3.63) is 28.5 Å². The number of fused-ring (bicyclic) bond motifs is 2. The van der Waals surface area contributed by atoms with Crippen LogP contribution in [0.3, 0.4) is 0 Å². The van der Waals surface area contributed by atoms with Gasteiger partial charge in [0.05, 0.1) is 5.02 Å². The van der Waals surface area contributed by atoms with Gasteiger partial charge in [0.15, 0.2) is 11.6 Å². The van der Waals surface area contributed by atoms with E-state index in [1.807, 2.05) is 0 Å². The van der Waals surface area contributed by atoms with E-state index in [4.69, 9.17) is 16.3 Å². The van der Waals surface area contributed by atoms with E-state index >= 15 is 0 Å². The number of piperidine rings is 1. The highest BCUT2D eigenvalue weighted by molar-refractivity contribution is 6.30. The quantitative estimate of drug-likeness (QED) is 0.917. The predicted octanol–water partition coefficient (Wildman–Crippen LogP) is 3.61. The minimum atomic E-state index is -0.673. The van der Waals surface area contributed by atoms with Crippen molar-refractivity contribution < 1.29 is 13.5 Å². The molecule has 0 spiro atoms. The monoisotopic (exact) mass is 287 g/mol. The molecule has 2 heterocycles. The van der Waals surface area contributed by atoms with E-state index in [9.17, 15) is 8.78 Å². The molecular weight excluding hydrogens is 272 g/mol. The van der Waals surface area contributed by atoms with E-state index < -0.39 is 12.5 Å². The Morgan fingerprint density at radius 3 is 2.58 bits per heavy atom. The fourth-order valence-corrected chi connectivity index (χ4v) is 3.29. The molecule has 0 saturated carbocycles. The smallest absolute Gasteiger partial charge is 0.183 e. The second kappa shape index (κ2) is 5.25. The third-order valence-electron chi connectivity index (χ3n) is 3.93. The largest absolute Gasteiger partial charge is 0.487 e. The van der Waals surface area contributed by atoms with Crippen molar-refractivity contribution in [3.63, 3.8) is 0 Å². The number of alkyl halides is 1. The third kappa shape index (κ3) is 2.70. The molecule has 1 aromatic rings. The van der Waals surface area contributed by atoms with Gasteiger partial charge in [-0.1, -0.05) is 11.6 Å². The SMILES string of the molecule is FCc1cc(Cl)c(F)c(OC2C[C@H]3CC[C@@H](C2)N3)c1. The zero-order valence-electron chi connectivity index (χ0n) is 10.5. The van der Waals surface area contributed by atoms with Crippen LogP contribution in [0.15, 0.2) is 12.1 Å². The Kier molecular flexibility index (Phi) is 3.63. The number of hydrogen-bond acceptors (Lipinski definition) is 2. The fraction of sp³-hybridized carbons (Fsp3) is 0.571. The summed E-state index contributed by atoms with van der Waals surface area (Å²) in [4.78, 5) is 0. The zero-order chi connectivity index (χ0) is 13.4. The Hall–Kier alpha value is -0.870. The van der Waals surface area contributed by atoms with Crippen molar-refractivity contribution in [1.82, 2.24) is 5.32 Å². The Labute approximate surface area is 116 Å². The van der Waals surface area contributed by atoms with Crippen LogP contribution in [-0.2, 0) is 6.67 Å². The first-order valence-electron chi connectivity index (χ1n) is 6.62. The van der Waals surface area contributed by atoms with Gasteiger partial charge in [0.1, 0.15) is 12.8 Å². The summed E-state index contributed by atoms with van der Waals surface area (Å²) in [5, 5.41) is 3.41. The summed E-state index contributed by atoms with van der Waals surface area (Å²) in [6.45, 7) is -0.673. The second-order valence-electron chi connectivity index (χ2n) is 5.37. The van der Waals surface area contributed by atoms with Crippen molar-refractivity contribution in [2.45, 2.75) is 50.5 Å². The Morgan fingerprint density at radius 1 is 1.26 bits per heavy atom. The van der Waals surface area contributed by atoms with Gasteiger partial charge in [0, 0.05) is 12.1 Å². The van der Waals surface area contributed by atoms with Gasteiger partial charge in [-0.2, -0.15) is 0 Å². The average Bonchev–Trinajstić information content (AvgIpc) is 2.74. The number of ether oxygens (including phenoxy) is 1. The highest BCUT2D eigenvalue weighted by atomic mass is 35.5. The maximum atomic E-state index is 13.9. The number of halogens is 3. The van der Waals surface area contributed by atoms with E-state index in [1.165, 1.54) is 12.1 Å². The van der Waals surface area contributed by atoms with Gasteiger partial charge in [-0.15, -0.1) is 0 Å². The lowest BCUT2D eigenvalue weighted by atomic mass is 10.0. The summed E-state index contributed by atoms with van der Waals surface area (Å²) in [5.74, 6) is -0.517. The average molecular weight is 288 g/mol. The molecule has 0 radical (unpaired) electrons. The van der Waals surface area contributed by atoms with Gasteiger partial charge >= 0.3 is 0 Å². The van der Waals surface area contributed by atoms with Crippen LogP contribution in [0.2, 0.25) is 5.02 Å². The molecule has 104 valence electrons. The number of nitrogens with one attached hydrogen (secondary N) is 1. The lowest BCUT2D eigenvalue weighted by Crippen LogP contribution is -2.42. The molecule has 3 rings (SSSR count). The molecule has 19 heavy (non-hydrogen) atoms. The molecule has 2 saturated heterocycles. The van der Waals surface area contributed by atoms with Crippen LogP contribution in [0, 0.1) is 5.82 Å². The van der Waals surface area contributed by atoms with Gasteiger partial charge in [-0.25, -0.2) is 8.78 Å². The highest BCUT2D eigenvalue weighted by Crippen LogP contribution is 2.33. The standard InChI is InChI=1S/C14H16ClF2NO/c15-12-3-8(7-16)4-13(14(12)17)19-11-5-9-1-2-10(6-11)18-9/h3-4,9-11,18H,1-2,5-7H2/t9-,10+,11?. The zero-order valence-corrected chi connectivity index (χ0v) is 11.2. The van der Waals surface area contributed by atoms with Crippen molar-refractivity contribution in [3.8, 4) is 5.75 Å². The van der Waals surface area contributed by atoms with Crippen LogP contribution < -0.4 is 10.1 Å². The van der Waals surface area contributed by atoms with E-state index in [0.29, 0.717) is 17.6 Å². The molecule has 1 aromatic carbocycles. The fourth-order valence-electron chi connectivity index (χ4n) is 3.06. The molecule has 1 N–H and O–H groups in total. The van der Waals surface area contributed by atoms with Gasteiger partial charge in [0.25, 0.3) is 0 Å².